The Morgan fingerprint density at radius 2 is 1.32 bits per heavy atom. The lowest BCUT2D eigenvalue weighted by molar-refractivity contribution is -0.139. The van der Waals surface area contributed by atoms with Crippen LogP contribution in [-0.2, 0) is 21.5 Å². The van der Waals surface area contributed by atoms with Gasteiger partial charge < -0.3 is 19.7 Å². The van der Waals surface area contributed by atoms with Crippen LogP contribution in [0.3, 0.4) is 0 Å². The van der Waals surface area contributed by atoms with E-state index >= 15 is 0 Å². The first-order valence-corrected chi connectivity index (χ1v) is 12.1. The number of amides is 1. The van der Waals surface area contributed by atoms with Crippen LogP contribution < -0.4 is 5.32 Å². The highest BCUT2D eigenvalue weighted by Gasteiger charge is 2.40. The van der Waals surface area contributed by atoms with Gasteiger partial charge in [-0.2, -0.15) is 0 Å². The zero-order valence-electron chi connectivity index (χ0n) is 21.2. The molecular formula is C30H31N3O4. The molecule has 3 aromatic carbocycles. The van der Waals surface area contributed by atoms with E-state index < -0.39 is 29.2 Å². The van der Waals surface area contributed by atoms with Gasteiger partial charge in [0.2, 0.25) is 0 Å². The minimum absolute atomic E-state index is 0.0458. The Morgan fingerprint density at radius 1 is 0.865 bits per heavy atom. The van der Waals surface area contributed by atoms with Gasteiger partial charge in [-0.15, -0.1) is 0 Å². The maximum Gasteiger partial charge on any atom is 0.408 e. The first-order chi connectivity index (χ1) is 17.7. The van der Waals surface area contributed by atoms with Gasteiger partial charge in [-0.25, -0.2) is 14.6 Å². The molecule has 0 saturated carbocycles. The van der Waals surface area contributed by atoms with Gasteiger partial charge in [0.15, 0.2) is 0 Å². The minimum atomic E-state index is -1.24. The number of aliphatic carboxylic acids is 1. The van der Waals surface area contributed by atoms with E-state index in [1.807, 2.05) is 65.4 Å². The lowest BCUT2D eigenvalue weighted by Crippen LogP contribution is -2.46. The molecule has 190 valence electrons. The summed E-state index contributed by atoms with van der Waals surface area (Å²) < 4.78 is 7.30. The Hall–Kier alpha value is -4.39. The Kier molecular flexibility index (Phi) is 7.43. The number of rotatable bonds is 8. The molecule has 37 heavy (non-hydrogen) atoms. The Balaban J connectivity index is 1.87. The van der Waals surface area contributed by atoms with Crippen LogP contribution in [-0.4, -0.2) is 38.4 Å². The fourth-order valence-electron chi connectivity index (χ4n) is 4.58. The van der Waals surface area contributed by atoms with Gasteiger partial charge in [0.1, 0.15) is 23.0 Å². The van der Waals surface area contributed by atoms with Gasteiger partial charge in [-0.1, -0.05) is 91.0 Å². The summed E-state index contributed by atoms with van der Waals surface area (Å²) in [5.41, 5.74) is 1.36. The van der Waals surface area contributed by atoms with Crippen LogP contribution in [0.5, 0.6) is 0 Å². The van der Waals surface area contributed by atoms with Crippen molar-refractivity contribution >= 4 is 12.1 Å². The number of aromatic nitrogens is 2. The molecule has 1 amide bonds. The van der Waals surface area contributed by atoms with E-state index in [9.17, 15) is 14.7 Å². The maximum atomic E-state index is 12.4. The molecule has 0 aliphatic carbocycles. The molecule has 0 radical (unpaired) electrons. The average molecular weight is 498 g/mol. The number of imidazole rings is 1. The number of hydrogen-bond donors (Lipinski definition) is 2. The molecule has 1 atom stereocenters. The normalized spacial score (nSPS) is 12.5. The Bertz CT molecular complexity index is 1230. The fourth-order valence-corrected chi connectivity index (χ4v) is 4.58. The third kappa shape index (κ3) is 5.56. The van der Waals surface area contributed by atoms with Crippen molar-refractivity contribution in [2.75, 3.05) is 0 Å². The quantitative estimate of drug-likeness (QED) is 0.325. The molecule has 0 fully saturated rings. The number of carboxylic acid groups (broad SMARTS) is 1. The van der Waals surface area contributed by atoms with E-state index in [1.54, 1.807) is 27.0 Å². The predicted molar refractivity (Wildman–Crippen MR) is 141 cm³/mol. The summed E-state index contributed by atoms with van der Waals surface area (Å²) >= 11 is 0. The first kappa shape index (κ1) is 25.7. The molecule has 1 heterocycles. The summed E-state index contributed by atoms with van der Waals surface area (Å²) in [6, 6.07) is 28.9. The fraction of sp³-hybridized carbons (Fsp3) is 0.233. The second-order valence-electron chi connectivity index (χ2n) is 9.76. The van der Waals surface area contributed by atoms with Crippen molar-refractivity contribution in [2.24, 2.45) is 0 Å². The van der Waals surface area contributed by atoms with Crippen LogP contribution in [0.25, 0.3) is 0 Å². The summed E-state index contributed by atoms with van der Waals surface area (Å²) in [6.45, 7) is 5.18. The monoisotopic (exact) mass is 497 g/mol. The summed E-state index contributed by atoms with van der Waals surface area (Å²) in [7, 11) is 0. The molecule has 4 aromatic rings. The van der Waals surface area contributed by atoms with E-state index in [0.29, 0.717) is 5.82 Å². The first-order valence-electron chi connectivity index (χ1n) is 12.1. The zero-order valence-corrected chi connectivity index (χ0v) is 21.2. The van der Waals surface area contributed by atoms with Crippen molar-refractivity contribution in [1.29, 1.82) is 0 Å². The number of nitrogens with one attached hydrogen (secondary N) is 1. The van der Waals surface area contributed by atoms with Crippen LogP contribution >= 0.6 is 0 Å². The molecule has 1 aromatic heterocycles. The van der Waals surface area contributed by atoms with Crippen LogP contribution in [0, 0.1) is 0 Å². The van der Waals surface area contributed by atoms with Crippen molar-refractivity contribution in [3.05, 3.63) is 126 Å². The second-order valence-corrected chi connectivity index (χ2v) is 9.76. The highest BCUT2D eigenvalue weighted by atomic mass is 16.6. The van der Waals surface area contributed by atoms with Crippen molar-refractivity contribution in [1.82, 2.24) is 14.9 Å². The molecule has 0 unspecified atom stereocenters. The molecule has 0 saturated heterocycles. The zero-order chi connectivity index (χ0) is 26.5. The standard InChI is InChI=1S/C30H31N3O4/c1-29(2,3)37-28(36)32-25(27(34)35)21-26-31-19-20-33(26)30(22-13-7-4-8-14-22,23-15-9-5-10-16-23)24-17-11-6-12-18-24/h4-20,25H,21H2,1-3H3,(H,32,36)(H,34,35)/t25-/m0/s1. The molecule has 7 nitrogen and oxygen atoms in total. The van der Waals surface area contributed by atoms with Gasteiger partial charge in [0.25, 0.3) is 0 Å². The number of benzene rings is 3. The number of ether oxygens (including phenoxy) is 1. The molecule has 0 spiro atoms. The van der Waals surface area contributed by atoms with Gasteiger partial charge in [0, 0.05) is 18.8 Å². The lowest BCUT2D eigenvalue weighted by Gasteiger charge is -2.38. The molecular weight excluding hydrogens is 466 g/mol. The van der Waals surface area contributed by atoms with Crippen LogP contribution in [0.1, 0.15) is 43.3 Å². The third-order valence-corrected chi connectivity index (χ3v) is 6.03. The maximum absolute atomic E-state index is 12.4. The SMILES string of the molecule is CC(C)(C)OC(=O)N[C@@H](Cc1nccn1C(c1ccccc1)(c1ccccc1)c1ccccc1)C(=O)O. The predicted octanol–water partition coefficient (Wildman–Crippen LogP) is 5.24. The Labute approximate surface area is 216 Å². The number of carboxylic acids is 1. The van der Waals surface area contributed by atoms with E-state index in [4.69, 9.17) is 4.74 Å². The van der Waals surface area contributed by atoms with Gasteiger partial charge in [-0.3, -0.25) is 0 Å². The van der Waals surface area contributed by atoms with Crippen molar-refractivity contribution < 1.29 is 19.4 Å². The number of carbonyl (C=O) groups excluding carboxylic acids is 1. The minimum Gasteiger partial charge on any atom is -0.480 e. The molecule has 4 rings (SSSR count). The van der Waals surface area contributed by atoms with E-state index in [-0.39, 0.29) is 6.42 Å². The van der Waals surface area contributed by atoms with Gasteiger partial charge in [-0.05, 0) is 37.5 Å². The molecule has 0 aliphatic rings. The van der Waals surface area contributed by atoms with E-state index in [0.717, 1.165) is 16.7 Å². The molecule has 2 N–H and O–H groups in total. The second kappa shape index (κ2) is 10.7. The average Bonchev–Trinajstić information content (AvgIpc) is 3.33. The summed E-state index contributed by atoms with van der Waals surface area (Å²) in [4.78, 5) is 29.2. The highest BCUT2D eigenvalue weighted by Crippen LogP contribution is 2.41. The molecule has 0 bridgehead atoms. The smallest absolute Gasteiger partial charge is 0.408 e. The van der Waals surface area contributed by atoms with Crippen molar-refractivity contribution in [2.45, 2.75) is 44.4 Å². The van der Waals surface area contributed by atoms with Crippen molar-refractivity contribution in [3.8, 4) is 0 Å². The number of alkyl carbamates (subject to hydrolysis) is 1. The van der Waals surface area contributed by atoms with Crippen LogP contribution in [0.4, 0.5) is 4.79 Å². The summed E-state index contributed by atoms with van der Waals surface area (Å²) in [6.07, 6.45) is 2.67. The van der Waals surface area contributed by atoms with Crippen LogP contribution in [0.15, 0.2) is 103 Å². The number of carbonyl (C=O) groups is 2. The summed E-state index contributed by atoms with van der Waals surface area (Å²) in [5, 5.41) is 12.5. The van der Waals surface area contributed by atoms with Crippen molar-refractivity contribution in [3.63, 3.8) is 0 Å². The molecule has 7 heteroatoms. The topological polar surface area (TPSA) is 93.5 Å². The number of hydrogen-bond acceptors (Lipinski definition) is 4. The number of nitrogens with zero attached hydrogens (tertiary/aromatic N) is 2. The third-order valence-electron chi connectivity index (χ3n) is 6.03. The van der Waals surface area contributed by atoms with Crippen LogP contribution in [0.2, 0.25) is 0 Å². The molecule has 0 aliphatic heterocycles. The largest absolute Gasteiger partial charge is 0.480 e. The highest BCUT2D eigenvalue weighted by molar-refractivity contribution is 5.80. The van der Waals surface area contributed by atoms with E-state index in [1.165, 1.54) is 0 Å². The lowest BCUT2D eigenvalue weighted by atomic mass is 9.76. The van der Waals surface area contributed by atoms with Gasteiger partial charge >= 0.3 is 12.1 Å². The summed E-state index contributed by atoms with van der Waals surface area (Å²) in [5.74, 6) is -0.676. The van der Waals surface area contributed by atoms with Gasteiger partial charge in [0.05, 0.1) is 0 Å². The van der Waals surface area contributed by atoms with E-state index in [2.05, 4.69) is 46.7 Å². The Morgan fingerprint density at radius 3 is 1.73 bits per heavy atom.